The van der Waals surface area contributed by atoms with Crippen LogP contribution < -0.4 is 5.32 Å². The second-order valence-corrected chi connectivity index (χ2v) is 10.1. The normalized spacial score (nSPS) is 11.2. The predicted octanol–water partition coefficient (Wildman–Crippen LogP) is 7.11. The molecule has 38 heavy (non-hydrogen) atoms. The quantitative estimate of drug-likeness (QED) is 0.197. The molecule has 0 aromatic carbocycles. The molecule has 0 aliphatic rings. The summed E-state index contributed by atoms with van der Waals surface area (Å²) in [6, 6.07) is 5.82. The van der Waals surface area contributed by atoms with Gasteiger partial charge in [-0.3, -0.25) is 9.98 Å². The highest BCUT2D eigenvalue weighted by atomic mass is 32.1. The zero-order chi connectivity index (χ0) is 27.8. The Morgan fingerprint density at radius 3 is 2.13 bits per heavy atom. The van der Waals surface area contributed by atoms with E-state index in [2.05, 4.69) is 48.4 Å². The number of thiazole rings is 2. The average molecular weight is 544 g/mol. The molecule has 0 radical (unpaired) electrons. The lowest BCUT2D eigenvalue weighted by Gasteiger charge is -2.01. The molecule has 9 heteroatoms. The first-order valence-corrected chi connectivity index (χ1v) is 13.4. The summed E-state index contributed by atoms with van der Waals surface area (Å²) in [5, 5.41) is 4.80. The minimum Gasteiger partial charge on any atom is -0.393 e. The van der Waals surface area contributed by atoms with Crippen molar-refractivity contribution in [1.82, 2.24) is 30.2 Å². The highest BCUT2D eigenvalue weighted by Crippen LogP contribution is 2.21. The van der Waals surface area contributed by atoms with Gasteiger partial charge in [-0.25, -0.2) is 19.9 Å². The van der Waals surface area contributed by atoms with Crippen LogP contribution in [0.3, 0.4) is 0 Å². The number of pyridine rings is 1. The van der Waals surface area contributed by atoms with Crippen LogP contribution in [0.1, 0.15) is 32.9 Å². The summed E-state index contributed by atoms with van der Waals surface area (Å²) in [7, 11) is 1.86. The third-order valence-corrected chi connectivity index (χ3v) is 6.38. The molecule has 4 rings (SSSR count). The van der Waals surface area contributed by atoms with E-state index in [1.807, 2.05) is 77.7 Å². The van der Waals surface area contributed by atoms with E-state index < -0.39 is 0 Å². The molecular formula is C29H33N7S2. The fourth-order valence-corrected chi connectivity index (χ4v) is 4.26. The predicted molar refractivity (Wildman–Crippen MR) is 163 cm³/mol. The SMILES string of the molecule is C=C/C(=C\NC)c1ccc(C)cn1.C=CC=N/C(=C\C)c1ncc(C)s1.Cc1cnc(-c2ncccn2)s1. The van der Waals surface area contributed by atoms with E-state index in [4.69, 9.17) is 0 Å². The van der Waals surface area contributed by atoms with Gasteiger partial charge in [0.15, 0.2) is 10.8 Å². The highest BCUT2D eigenvalue weighted by molar-refractivity contribution is 7.14. The smallest absolute Gasteiger partial charge is 0.188 e. The highest BCUT2D eigenvalue weighted by Gasteiger charge is 2.03. The zero-order valence-electron chi connectivity index (χ0n) is 22.4. The molecule has 7 nitrogen and oxygen atoms in total. The minimum absolute atomic E-state index is 0.704. The lowest BCUT2D eigenvalue weighted by atomic mass is 10.1. The summed E-state index contributed by atoms with van der Waals surface area (Å²) in [6.45, 7) is 15.3. The van der Waals surface area contributed by atoms with Crippen LogP contribution in [0.2, 0.25) is 0 Å². The molecule has 4 aromatic rings. The number of hydrogen-bond donors (Lipinski definition) is 1. The van der Waals surface area contributed by atoms with Crippen molar-refractivity contribution in [2.75, 3.05) is 7.05 Å². The summed E-state index contributed by atoms with van der Waals surface area (Å²) < 4.78 is 0. The maximum Gasteiger partial charge on any atom is 0.188 e. The molecular weight excluding hydrogens is 511 g/mol. The van der Waals surface area contributed by atoms with Crippen molar-refractivity contribution in [3.05, 3.63) is 113 Å². The molecule has 0 aliphatic heterocycles. The Morgan fingerprint density at radius 1 is 0.921 bits per heavy atom. The molecule has 1 N–H and O–H groups in total. The summed E-state index contributed by atoms with van der Waals surface area (Å²) >= 11 is 3.25. The van der Waals surface area contributed by atoms with E-state index in [1.54, 1.807) is 59.5 Å². The molecule has 0 fully saturated rings. The van der Waals surface area contributed by atoms with Crippen molar-refractivity contribution in [2.24, 2.45) is 4.99 Å². The summed E-state index contributed by atoms with van der Waals surface area (Å²) in [6.07, 6.45) is 17.9. The van der Waals surface area contributed by atoms with Gasteiger partial charge in [0.25, 0.3) is 0 Å². The van der Waals surface area contributed by atoms with Crippen LogP contribution in [0.25, 0.3) is 22.1 Å². The van der Waals surface area contributed by atoms with Crippen molar-refractivity contribution in [1.29, 1.82) is 0 Å². The number of nitrogens with one attached hydrogen (secondary N) is 1. The number of allylic oxidation sites excluding steroid dienone is 4. The average Bonchev–Trinajstić information content (AvgIpc) is 3.58. The number of hydrogen-bond acceptors (Lipinski definition) is 9. The van der Waals surface area contributed by atoms with E-state index in [1.165, 1.54) is 9.75 Å². The topological polar surface area (TPSA) is 88.8 Å². The maximum atomic E-state index is 4.29. The van der Waals surface area contributed by atoms with E-state index in [-0.39, 0.29) is 0 Å². The van der Waals surface area contributed by atoms with Crippen LogP contribution in [0.5, 0.6) is 0 Å². The van der Waals surface area contributed by atoms with Crippen LogP contribution in [-0.4, -0.2) is 38.2 Å². The number of rotatable bonds is 7. The van der Waals surface area contributed by atoms with Gasteiger partial charge in [-0.2, -0.15) is 0 Å². The molecule has 0 unspecified atom stereocenters. The Bertz CT molecular complexity index is 1370. The molecule has 196 valence electrons. The van der Waals surface area contributed by atoms with E-state index >= 15 is 0 Å². The van der Waals surface area contributed by atoms with Gasteiger partial charge in [-0.15, -0.1) is 22.7 Å². The van der Waals surface area contributed by atoms with Gasteiger partial charge in [-0.05, 0) is 45.4 Å². The van der Waals surface area contributed by atoms with Crippen molar-refractivity contribution < 1.29 is 0 Å². The molecule has 4 aromatic heterocycles. The fourth-order valence-electron chi connectivity index (χ4n) is 2.76. The van der Waals surface area contributed by atoms with Gasteiger partial charge in [0.05, 0.1) is 11.4 Å². The van der Waals surface area contributed by atoms with Gasteiger partial charge in [0.2, 0.25) is 0 Å². The standard InChI is InChI=1S/C11H14N2.C10H12N2S.C8H7N3S/c1-4-10(8-12-3)11-6-5-9(2)7-13-11;1-4-6-11-9(5-2)10-12-7-8(3)13-10;1-6-5-11-8(12-6)7-9-3-2-4-10-7/h4-8,12H,1H2,2-3H3;4-7H,1H2,2-3H3;2-5H,1H3/b10-8+;9-5-,11-6?;. The van der Waals surface area contributed by atoms with E-state index in [0.29, 0.717) is 5.82 Å². The number of aromatic nitrogens is 5. The molecule has 0 aliphatic carbocycles. The Labute approximate surface area is 233 Å². The first-order chi connectivity index (χ1) is 18.4. The molecule has 0 spiro atoms. The summed E-state index contributed by atoms with van der Waals surface area (Å²) in [5.41, 5.74) is 4.01. The second-order valence-electron chi connectivity index (χ2n) is 7.63. The molecule has 4 heterocycles. The fraction of sp³-hybridized carbons (Fsp3) is 0.172. The molecule has 0 saturated heterocycles. The van der Waals surface area contributed by atoms with Crippen molar-refractivity contribution in [2.45, 2.75) is 27.7 Å². The van der Waals surface area contributed by atoms with Gasteiger partial charge in [0, 0.05) is 65.8 Å². The molecule has 0 bridgehead atoms. The second kappa shape index (κ2) is 16.6. The van der Waals surface area contributed by atoms with Crippen LogP contribution in [0, 0.1) is 20.8 Å². The summed E-state index contributed by atoms with van der Waals surface area (Å²) in [4.78, 5) is 27.5. The third-order valence-electron chi connectivity index (χ3n) is 4.54. The number of aliphatic imine (C=N–C) groups is 1. The van der Waals surface area contributed by atoms with Gasteiger partial charge in [0.1, 0.15) is 5.01 Å². The Morgan fingerprint density at radius 2 is 1.63 bits per heavy atom. The van der Waals surface area contributed by atoms with Crippen molar-refractivity contribution >= 4 is 40.2 Å². The zero-order valence-corrected chi connectivity index (χ0v) is 24.1. The van der Waals surface area contributed by atoms with Gasteiger partial charge in [-0.1, -0.05) is 37.5 Å². The number of nitrogens with zero attached hydrogens (tertiary/aromatic N) is 6. The van der Waals surface area contributed by atoms with Crippen LogP contribution in [0.4, 0.5) is 0 Å². The first-order valence-electron chi connectivity index (χ1n) is 11.8. The van der Waals surface area contributed by atoms with Crippen LogP contribution >= 0.6 is 22.7 Å². The van der Waals surface area contributed by atoms with Crippen LogP contribution in [-0.2, 0) is 0 Å². The summed E-state index contributed by atoms with van der Waals surface area (Å²) in [5.74, 6) is 0.704. The van der Waals surface area contributed by atoms with Gasteiger partial charge >= 0.3 is 0 Å². The van der Waals surface area contributed by atoms with Crippen molar-refractivity contribution in [3.63, 3.8) is 0 Å². The van der Waals surface area contributed by atoms with Crippen molar-refractivity contribution in [3.8, 4) is 10.8 Å². The minimum atomic E-state index is 0.704. The monoisotopic (exact) mass is 543 g/mol. The maximum absolute atomic E-state index is 4.29. The largest absolute Gasteiger partial charge is 0.393 e. The molecule has 0 saturated carbocycles. The molecule has 0 atom stereocenters. The third kappa shape index (κ3) is 10.1. The Kier molecular flexibility index (Phi) is 13.2. The van der Waals surface area contributed by atoms with E-state index in [0.717, 1.165) is 32.5 Å². The Hall–Kier alpha value is -4.08. The first kappa shape index (κ1) is 30.1. The Balaban J connectivity index is 0.000000200. The van der Waals surface area contributed by atoms with Gasteiger partial charge < -0.3 is 5.32 Å². The number of aryl methyl sites for hydroxylation is 3. The van der Waals surface area contributed by atoms with Crippen LogP contribution in [0.15, 0.2) is 91.8 Å². The lowest BCUT2D eigenvalue weighted by Crippen LogP contribution is -1.96. The van der Waals surface area contributed by atoms with E-state index in [9.17, 15) is 0 Å². The molecule has 0 amide bonds. The lowest BCUT2D eigenvalue weighted by molar-refractivity contribution is 1.10.